The minimum atomic E-state index is 0.0273. The van der Waals surface area contributed by atoms with Crippen molar-refractivity contribution in [2.75, 3.05) is 14.1 Å². The molecule has 0 saturated carbocycles. The number of ketones is 1. The van der Waals surface area contributed by atoms with E-state index in [0.29, 0.717) is 19.3 Å². The van der Waals surface area contributed by atoms with Gasteiger partial charge in [0, 0.05) is 33.4 Å². The molecule has 70 valence electrons. The summed E-state index contributed by atoms with van der Waals surface area (Å²) < 4.78 is 0. The van der Waals surface area contributed by atoms with Crippen LogP contribution in [-0.4, -0.2) is 30.7 Å². The van der Waals surface area contributed by atoms with Crippen LogP contribution in [0.25, 0.3) is 0 Å². The fourth-order valence-corrected chi connectivity index (χ4v) is 0.874. The molecule has 0 fully saturated rings. The summed E-state index contributed by atoms with van der Waals surface area (Å²) >= 11 is 0. The molecular formula is C9H17NO2. The number of carbonyl (C=O) groups is 2. The van der Waals surface area contributed by atoms with Crippen molar-refractivity contribution in [3.8, 4) is 0 Å². The number of Topliss-reactive ketones (excluding diaryl/α,β-unsaturated/α-hetero) is 1. The number of carbonyl (C=O) groups excluding carboxylic acids is 2. The summed E-state index contributed by atoms with van der Waals surface area (Å²) in [4.78, 5) is 23.5. The van der Waals surface area contributed by atoms with Crippen LogP contribution in [-0.2, 0) is 9.59 Å². The molecule has 0 rings (SSSR count). The van der Waals surface area contributed by atoms with Crippen LogP contribution >= 0.6 is 0 Å². The van der Waals surface area contributed by atoms with E-state index < -0.39 is 0 Å². The summed E-state index contributed by atoms with van der Waals surface area (Å²) in [6.45, 7) is 1.96. The van der Waals surface area contributed by atoms with Gasteiger partial charge in [-0.15, -0.1) is 0 Å². The molecule has 0 aliphatic rings. The van der Waals surface area contributed by atoms with Crippen LogP contribution in [0.3, 0.4) is 0 Å². The van der Waals surface area contributed by atoms with E-state index in [2.05, 4.69) is 0 Å². The summed E-state index contributed by atoms with van der Waals surface area (Å²) in [5.74, 6) is 0.215. The monoisotopic (exact) mass is 171 g/mol. The molecule has 0 radical (unpaired) electrons. The van der Waals surface area contributed by atoms with Crippen LogP contribution in [0.5, 0.6) is 0 Å². The highest BCUT2D eigenvalue weighted by molar-refractivity contribution is 5.84. The molecule has 0 unspecified atom stereocenters. The van der Waals surface area contributed by atoms with Crippen LogP contribution in [0.4, 0.5) is 0 Å². The van der Waals surface area contributed by atoms with E-state index in [4.69, 9.17) is 0 Å². The van der Waals surface area contributed by atoms with Gasteiger partial charge in [-0.05, 0) is 6.42 Å². The minimum Gasteiger partial charge on any atom is -0.349 e. The predicted molar refractivity (Wildman–Crippen MR) is 47.8 cm³/mol. The SMILES string of the molecule is CCCC(=O)CCC(=O)N(C)C. The van der Waals surface area contributed by atoms with Gasteiger partial charge in [-0.1, -0.05) is 6.92 Å². The lowest BCUT2D eigenvalue weighted by Crippen LogP contribution is -2.22. The Kier molecular flexibility index (Phi) is 5.34. The second-order valence-electron chi connectivity index (χ2n) is 3.08. The highest BCUT2D eigenvalue weighted by Gasteiger charge is 2.06. The Morgan fingerprint density at radius 2 is 1.67 bits per heavy atom. The van der Waals surface area contributed by atoms with Gasteiger partial charge in [0.05, 0.1) is 0 Å². The van der Waals surface area contributed by atoms with Crippen molar-refractivity contribution in [3.63, 3.8) is 0 Å². The van der Waals surface area contributed by atoms with Gasteiger partial charge in [-0.25, -0.2) is 0 Å². The summed E-state index contributed by atoms with van der Waals surface area (Å²) in [5, 5.41) is 0. The zero-order valence-corrected chi connectivity index (χ0v) is 8.09. The fraction of sp³-hybridized carbons (Fsp3) is 0.778. The van der Waals surface area contributed by atoms with Crippen LogP contribution in [0.1, 0.15) is 32.6 Å². The predicted octanol–water partition coefficient (Wildman–Crippen LogP) is 1.22. The molecule has 0 aromatic heterocycles. The summed E-state index contributed by atoms with van der Waals surface area (Å²) in [6, 6.07) is 0. The maximum atomic E-state index is 11.0. The van der Waals surface area contributed by atoms with Gasteiger partial charge in [0.2, 0.25) is 5.91 Å². The summed E-state index contributed by atoms with van der Waals surface area (Å²) in [7, 11) is 3.40. The normalized spacial score (nSPS) is 9.58. The van der Waals surface area contributed by atoms with Gasteiger partial charge >= 0.3 is 0 Å². The average Bonchev–Trinajstić information content (AvgIpc) is 2.00. The van der Waals surface area contributed by atoms with E-state index >= 15 is 0 Å². The lowest BCUT2D eigenvalue weighted by molar-refractivity contribution is -0.131. The third-order valence-corrected chi connectivity index (χ3v) is 1.65. The number of hydrogen-bond acceptors (Lipinski definition) is 2. The molecule has 3 nitrogen and oxygen atoms in total. The number of nitrogens with zero attached hydrogens (tertiary/aromatic N) is 1. The van der Waals surface area contributed by atoms with E-state index in [9.17, 15) is 9.59 Å². The smallest absolute Gasteiger partial charge is 0.222 e. The van der Waals surface area contributed by atoms with Crippen LogP contribution in [0.2, 0.25) is 0 Å². The Balaban J connectivity index is 3.54. The van der Waals surface area contributed by atoms with Crippen molar-refractivity contribution >= 4 is 11.7 Å². The summed E-state index contributed by atoms with van der Waals surface area (Å²) in [5.41, 5.74) is 0. The Bertz CT molecular complexity index is 164. The zero-order chi connectivity index (χ0) is 9.56. The topological polar surface area (TPSA) is 37.4 Å². The van der Waals surface area contributed by atoms with E-state index in [1.807, 2.05) is 6.92 Å². The molecule has 0 heterocycles. The van der Waals surface area contributed by atoms with Crippen molar-refractivity contribution in [2.45, 2.75) is 32.6 Å². The molecule has 0 N–H and O–H groups in total. The molecule has 0 atom stereocenters. The van der Waals surface area contributed by atoms with E-state index in [-0.39, 0.29) is 11.7 Å². The standard InChI is InChI=1S/C9H17NO2/c1-4-5-8(11)6-7-9(12)10(2)3/h4-7H2,1-3H3. The second-order valence-corrected chi connectivity index (χ2v) is 3.08. The third kappa shape index (κ3) is 4.88. The van der Waals surface area contributed by atoms with Gasteiger partial charge in [-0.2, -0.15) is 0 Å². The zero-order valence-electron chi connectivity index (χ0n) is 8.09. The Hall–Kier alpha value is -0.860. The van der Waals surface area contributed by atoms with Gasteiger partial charge in [0.25, 0.3) is 0 Å². The van der Waals surface area contributed by atoms with Crippen molar-refractivity contribution in [3.05, 3.63) is 0 Å². The van der Waals surface area contributed by atoms with E-state index in [1.165, 1.54) is 4.90 Å². The molecule has 0 saturated heterocycles. The fourth-order valence-electron chi connectivity index (χ4n) is 0.874. The summed E-state index contributed by atoms with van der Waals surface area (Å²) in [6.07, 6.45) is 2.21. The molecule has 0 aliphatic heterocycles. The average molecular weight is 171 g/mol. The third-order valence-electron chi connectivity index (χ3n) is 1.65. The molecule has 1 amide bonds. The lowest BCUT2D eigenvalue weighted by Gasteiger charge is -2.08. The largest absolute Gasteiger partial charge is 0.349 e. The van der Waals surface area contributed by atoms with Crippen LogP contribution < -0.4 is 0 Å². The number of hydrogen-bond donors (Lipinski definition) is 0. The molecule has 0 bridgehead atoms. The highest BCUT2D eigenvalue weighted by atomic mass is 16.2. The molecule has 0 spiro atoms. The first kappa shape index (κ1) is 11.1. The van der Waals surface area contributed by atoms with Crippen molar-refractivity contribution in [2.24, 2.45) is 0 Å². The quantitative estimate of drug-likeness (QED) is 0.623. The molecular weight excluding hydrogens is 154 g/mol. The highest BCUT2D eigenvalue weighted by Crippen LogP contribution is 1.99. The number of rotatable bonds is 5. The molecule has 0 aromatic carbocycles. The minimum absolute atomic E-state index is 0.0273. The van der Waals surface area contributed by atoms with Crippen molar-refractivity contribution in [1.82, 2.24) is 4.90 Å². The van der Waals surface area contributed by atoms with E-state index in [0.717, 1.165) is 6.42 Å². The van der Waals surface area contributed by atoms with Crippen molar-refractivity contribution < 1.29 is 9.59 Å². The Morgan fingerprint density at radius 1 is 1.08 bits per heavy atom. The van der Waals surface area contributed by atoms with Crippen molar-refractivity contribution in [1.29, 1.82) is 0 Å². The van der Waals surface area contributed by atoms with Gasteiger partial charge in [0.15, 0.2) is 0 Å². The maximum absolute atomic E-state index is 11.0. The second kappa shape index (κ2) is 5.75. The maximum Gasteiger partial charge on any atom is 0.222 e. The van der Waals surface area contributed by atoms with Gasteiger partial charge in [-0.3, -0.25) is 9.59 Å². The molecule has 3 heteroatoms. The first-order valence-corrected chi connectivity index (χ1v) is 4.29. The number of amides is 1. The Labute approximate surface area is 73.7 Å². The lowest BCUT2D eigenvalue weighted by atomic mass is 10.1. The first-order valence-electron chi connectivity index (χ1n) is 4.29. The van der Waals surface area contributed by atoms with Gasteiger partial charge in [0.1, 0.15) is 5.78 Å². The molecule has 12 heavy (non-hydrogen) atoms. The Morgan fingerprint density at radius 3 is 2.08 bits per heavy atom. The first-order chi connectivity index (χ1) is 5.57. The van der Waals surface area contributed by atoms with Crippen LogP contribution in [0, 0.1) is 0 Å². The van der Waals surface area contributed by atoms with E-state index in [1.54, 1.807) is 14.1 Å². The molecule has 0 aliphatic carbocycles. The van der Waals surface area contributed by atoms with Gasteiger partial charge < -0.3 is 4.90 Å². The van der Waals surface area contributed by atoms with Crippen LogP contribution in [0.15, 0.2) is 0 Å². The molecule has 0 aromatic rings.